The van der Waals surface area contributed by atoms with Crippen molar-refractivity contribution in [2.45, 2.75) is 26.7 Å². The third kappa shape index (κ3) is 2.61. The molecule has 0 spiro atoms. The second-order valence-corrected chi connectivity index (χ2v) is 6.71. The van der Waals surface area contributed by atoms with Gasteiger partial charge >= 0.3 is 0 Å². The van der Waals surface area contributed by atoms with Crippen LogP contribution in [0.25, 0.3) is 27.5 Å². The lowest BCUT2D eigenvalue weighted by atomic mass is 10.2. The van der Waals surface area contributed by atoms with Crippen molar-refractivity contribution in [1.29, 1.82) is 0 Å². The Morgan fingerprint density at radius 3 is 2.74 bits per heavy atom. The van der Waals surface area contributed by atoms with Gasteiger partial charge in [-0.05, 0) is 44.5 Å². The summed E-state index contributed by atoms with van der Waals surface area (Å²) in [7, 11) is 0. The average molecular weight is 354 g/mol. The van der Waals surface area contributed by atoms with Crippen molar-refractivity contribution in [3.05, 3.63) is 72.0 Å². The number of pyridine rings is 3. The van der Waals surface area contributed by atoms with Gasteiger partial charge in [-0.25, -0.2) is 15.0 Å². The minimum Gasteiger partial charge on any atom is -0.303 e. The van der Waals surface area contributed by atoms with Crippen LogP contribution in [0.2, 0.25) is 0 Å². The van der Waals surface area contributed by atoms with Crippen LogP contribution in [0.1, 0.15) is 22.9 Å². The van der Waals surface area contributed by atoms with Crippen LogP contribution in [-0.4, -0.2) is 29.3 Å². The highest BCUT2D eigenvalue weighted by Crippen LogP contribution is 2.21. The number of hydrogen-bond acceptors (Lipinski definition) is 5. The summed E-state index contributed by atoms with van der Waals surface area (Å²) in [6.45, 7) is 4.11. The maximum absolute atomic E-state index is 4.90. The van der Waals surface area contributed by atoms with E-state index < -0.39 is 0 Å². The summed E-state index contributed by atoms with van der Waals surface area (Å²) in [5.41, 5.74) is 6.04. The summed E-state index contributed by atoms with van der Waals surface area (Å²) in [4.78, 5) is 22.8. The van der Waals surface area contributed by atoms with E-state index in [1.54, 1.807) is 6.20 Å². The molecule has 0 aliphatic rings. The van der Waals surface area contributed by atoms with E-state index in [1.807, 2.05) is 43.7 Å². The Balaban J connectivity index is 1.52. The Hall–Kier alpha value is -3.41. The SMILES string of the molecule is Cc1nc(CCc2nc3c4cccnc4ccn3c2C)nc2ccncc12. The normalized spacial score (nSPS) is 11.6. The largest absolute Gasteiger partial charge is 0.303 e. The zero-order valence-electron chi connectivity index (χ0n) is 15.2. The van der Waals surface area contributed by atoms with Gasteiger partial charge in [0.05, 0.1) is 22.4 Å². The number of rotatable bonds is 3. The van der Waals surface area contributed by atoms with Crippen LogP contribution in [0, 0.1) is 13.8 Å². The molecule has 5 rings (SSSR count). The van der Waals surface area contributed by atoms with Crippen LogP contribution >= 0.6 is 0 Å². The van der Waals surface area contributed by atoms with E-state index >= 15 is 0 Å². The molecule has 0 saturated carbocycles. The molecule has 5 heterocycles. The molecular formula is C21H18N6. The first kappa shape index (κ1) is 15.8. The molecule has 0 saturated heterocycles. The molecule has 0 amide bonds. The van der Waals surface area contributed by atoms with Gasteiger partial charge in [0.25, 0.3) is 0 Å². The molecule has 0 fully saturated rings. The smallest absolute Gasteiger partial charge is 0.146 e. The van der Waals surface area contributed by atoms with Gasteiger partial charge in [0.1, 0.15) is 11.5 Å². The Labute approximate surface area is 156 Å². The first-order valence-electron chi connectivity index (χ1n) is 8.99. The van der Waals surface area contributed by atoms with E-state index in [-0.39, 0.29) is 0 Å². The number of aryl methyl sites for hydroxylation is 4. The fourth-order valence-electron chi connectivity index (χ4n) is 3.58. The molecule has 0 aliphatic heterocycles. The first-order valence-corrected chi connectivity index (χ1v) is 8.99. The van der Waals surface area contributed by atoms with Crippen LogP contribution in [-0.2, 0) is 12.8 Å². The maximum atomic E-state index is 4.90. The Bertz CT molecular complexity index is 1300. The molecule has 5 aromatic rings. The third-order valence-corrected chi connectivity index (χ3v) is 5.03. The van der Waals surface area contributed by atoms with Crippen molar-refractivity contribution in [3.63, 3.8) is 0 Å². The summed E-state index contributed by atoms with van der Waals surface area (Å²) in [6.07, 6.45) is 8.99. The van der Waals surface area contributed by atoms with Gasteiger partial charge in [-0.15, -0.1) is 0 Å². The van der Waals surface area contributed by atoms with Gasteiger partial charge in [-0.2, -0.15) is 0 Å². The molecule has 6 nitrogen and oxygen atoms in total. The maximum Gasteiger partial charge on any atom is 0.146 e. The van der Waals surface area contributed by atoms with E-state index in [0.717, 1.165) is 63.2 Å². The Kier molecular flexibility index (Phi) is 3.57. The Morgan fingerprint density at radius 1 is 0.889 bits per heavy atom. The predicted octanol–water partition coefficient (Wildman–Crippen LogP) is 3.62. The third-order valence-electron chi connectivity index (χ3n) is 5.03. The quantitative estimate of drug-likeness (QED) is 0.495. The lowest BCUT2D eigenvalue weighted by Gasteiger charge is -2.05. The van der Waals surface area contributed by atoms with E-state index in [2.05, 4.69) is 37.3 Å². The van der Waals surface area contributed by atoms with Crippen molar-refractivity contribution in [1.82, 2.24) is 29.3 Å². The number of fused-ring (bicyclic) bond motifs is 4. The fourth-order valence-corrected chi connectivity index (χ4v) is 3.58. The highest BCUT2D eigenvalue weighted by Gasteiger charge is 2.12. The molecule has 0 aliphatic carbocycles. The second-order valence-electron chi connectivity index (χ2n) is 6.71. The monoisotopic (exact) mass is 354 g/mol. The second kappa shape index (κ2) is 6.09. The lowest BCUT2D eigenvalue weighted by molar-refractivity contribution is 0.836. The highest BCUT2D eigenvalue weighted by molar-refractivity contribution is 5.91. The number of hydrogen-bond donors (Lipinski definition) is 0. The molecule has 6 heteroatoms. The first-order chi connectivity index (χ1) is 13.2. The lowest BCUT2D eigenvalue weighted by Crippen LogP contribution is -2.02. The standard InChI is InChI=1S/C21H18N6/c1-13-16-12-22-10-7-19(16)25-20(24-13)6-5-17-14(2)27-11-8-18-15(21(27)26-17)4-3-9-23-18/h3-4,7-12H,5-6H2,1-2H3. The Morgan fingerprint density at radius 2 is 1.81 bits per heavy atom. The van der Waals surface area contributed by atoms with E-state index in [4.69, 9.17) is 4.98 Å². The van der Waals surface area contributed by atoms with Gasteiger partial charge in [-0.3, -0.25) is 9.97 Å². The molecule has 0 unspecified atom stereocenters. The zero-order chi connectivity index (χ0) is 18.4. The van der Waals surface area contributed by atoms with Crippen molar-refractivity contribution in [2.24, 2.45) is 0 Å². The van der Waals surface area contributed by atoms with Gasteiger partial charge in [0.2, 0.25) is 0 Å². The van der Waals surface area contributed by atoms with E-state index in [9.17, 15) is 0 Å². The summed E-state index contributed by atoms with van der Waals surface area (Å²) in [6, 6.07) is 7.98. The topological polar surface area (TPSA) is 68.9 Å². The van der Waals surface area contributed by atoms with Gasteiger partial charge in [-0.1, -0.05) is 0 Å². The van der Waals surface area contributed by atoms with Crippen LogP contribution in [0.5, 0.6) is 0 Å². The fraction of sp³-hybridized carbons (Fsp3) is 0.190. The molecule has 132 valence electrons. The molecule has 27 heavy (non-hydrogen) atoms. The van der Waals surface area contributed by atoms with Crippen LogP contribution in [0.3, 0.4) is 0 Å². The van der Waals surface area contributed by atoms with Gasteiger partial charge in [0, 0.05) is 47.7 Å². The summed E-state index contributed by atoms with van der Waals surface area (Å²) < 4.78 is 2.14. The number of imidazole rings is 1. The van der Waals surface area contributed by atoms with E-state index in [1.165, 1.54) is 0 Å². The number of aromatic nitrogens is 6. The summed E-state index contributed by atoms with van der Waals surface area (Å²) in [5.74, 6) is 0.842. The van der Waals surface area contributed by atoms with Crippen LogP contribution in [0.4, 0.5) is 0 Å². The van der Waals surface area contributed by atoms with Crippen molar-refractivity contribution in [3.8, 4) is 0 Å². The molecule has 0 bridgehead atoms. The van der Waals surface area contributed by atoms with Crippen molar-refractivity contribution < 1.29 is 0 Å². The molecule has 0 N–H and O–H groups in total. The van der Waals surface area contributed by atoms with E-state index in [0.29, 0.717) is 0 Å². The summed E-state index contributed by atoms with van der Waals surface area (Å²) in [5, 5.41) is 2.07. The summed E-state index contributed by atoms with van der Waals surface area (Å²) >= 11 is 0. The van der Waals surface area contributed by atoms with Crippen LogP contribution in [0.15, 0.2) is 49.1 Å². The van der Waals surface area contributed by atoms with Gasteiger partial charge in [0.15, 0.2) is 0 Å². The van der Waals surface area contributed by atoms with Crippen molar-refractivity contribution in [2.75, 3.05) is 0 Å². The van der Waals surface area contributed by atoms with Crippen molar-refractivity contribution >= 4 is 27.5 Å². The molecule has 5 aromatic heterocycles. The minimum absolute atomic E-state index is 0.750. The zero-order valence-corrected chi connectivity index (χ0v) is 15.2. The predicted molar refractivity (Wildman–Crippen MR) is 105 cm³/mol. The molecule has 0 atom stereocenters. The molecule has 0 radical (unpaired) electrons. The minimum atomic E-state index is 0.750. The average Bonchev–Trinajstić information content (AvgIpc) is 3.03. The molecule has 0 aromatic carbocycles. The van der Waals surface area contributed by atoms with Gasteiger partial charge < -0.3 is 4.40 Å². The number of nitrogens with zero attached hydrogens (tertiary/aromatic N) is 6. The molecular weight excluding hydrogens is 336 g/mol. The highest BCUT2D eigenvalue weighted by atomic mass is 15.0. The van der Waals surface area contributed by atoms with Crippen LogP contribution < -0.4 is 0 Å².